The molecule has 0 atom stereocenters. The fourth-order valence-electron chi connectivity index (χ4n) is 0.856. The van der Waals surface area contributed by atoms with Crippen LogP contribution in [-0.2, 0) is 9.53 Å². The van der Waals surface area contributed by atoms with Crippen molar-refractivity contribution in [2.24, 2.45) is 0 Å². The first-order chi connectivity index (χ1) is 6.84. The van der Waals surface area contributed by atoms with E-state index in [0.29, 0.717) is 5.56 Å². The summed E-state index contributed by atoms with van der Waals surface area (Å²) in [7, 11) is 0. The molecule has 14 heavy (non-hydrogen) atoms. The van der Waals surface area contributed by atoms with Crippen LogP contribution in [0.25, 0.3) is 0 Å². The van der Waals surface area contributed by atoms with Crippen molar-refractivity contribution >= 4 is 12.4 Å². The third-order valence-electron chi connectivity index (χ3n) is 1.47. The first-order valence-corrected chi connectivity index (χ1v) is 4.02. The molecule has 0 saturated heterocycles. The van der Waals surface area contributed by atoms with Gasteiger partial charge in [-0.2, -0.15) is 0 Å². The Balaban J connectivity index is 2.32. The van der Waals surface area contributed by atoms with E-state index in [4.69, 9.17) is 0 Å². The molecule has 1 aromatic heterocycles. The Labute approximate surface area is 81.1 Å². The lowest BCUT2D eigenvalue weighted by Crippen LogP contribution is -2.27. The first kappa shape index (κ1) is 10.2. The average molecular weight is 193 g/mol. The maximum atomic E-state index is 11.3. The van der Waals surface area contributed by atoms with Gasteiger partial charge in [-0.1, -0.05) is 0 Å². The Bertz CT molecular complexity index is 300. The van der Waals surface area contributed by atoms with E-state index in [9.17, 15) is 9.59 Å². The molecule has 0 saturated carbocycles. The molecule has 1 amide bonds. The highest BCUT2D eigenvalue weighted by molar-refractivity contribution is 5.93. The molecule has 73 valence electrons. The molecule has 0 aliphatic heterocycles. The van der Waals surface area contributed by atoms with Crippen LogP contribution in [-0.4, -0.2) is 30.5 Å². The summed E-state index contributed by atoms with van der Waals surface area (Å²) in [6.07, 6.45) is 3.04. The Morgan fingerprint density at radius 2 is 2.50 bits per heavy atom. The largest absolute Gasteiger partial charge is 0.455 e. The van der Waals surface area contributed by atoms with Crippen LogP contribution in [0.3, 0.4) is 0 Å². The zero-order chi connectivity index (χ0) is 10.2. The van der Waals surface area contributed by atoms with Gasteiger partial charge in [-0.15, -0.1) is 0 Å². The summed E-state index contributed by atoms with van der Waals surface area (Å²) >= 11 is 0. The molecule has 0 bridgehead atoms. The molecule has 0 spiro atoms. The Hall–Kier alpha value is -1.91. The average Bonchev–Trinajstić information content (AvgIpc) is 2.25. The van der Waals surface area contributed by atoms with Crippen LogP contribution in [0.4, 0.5) is 0 Å². The number of carbonyl (C=O) groups is 1. The third kappa shape index (κ3) is 3.22. The lowest BCUT2D eigenvalue weighted by atomic mass is 10.3. The van der Waals surface area contributed by atoms with Gasteiger partial charge in [-0.25, -0.2) is 4.79 Å². The molecule has 1 heterocycles. The summed E-state index contributed by atoms with van der Waals surface area (Å²) in [5.74, 6) is -0.243. The number of nitrogens with one attached hydrogen (secondary N) is 1. The summed E-state index contributed by atoms with van der Waals surface area (Å²) in [6.45, 7) is 1.65. The number of rotatable bonds is 5. The highest BCUT2D eigenvalue weighted by Crippen LogP contribution is 1.94. The Morgan fingerprint density at radius 3 is 3.14 bits per heavy atom. The van der Waals surface area contributed by atoms with Gasteiger partial charge in [-0.3, -0.25) is 9.78 Å². The summed E-state index contributed by atoms with van der Waals surface area (Å²) in [5, 5.41) is 2.55. The second-order valence-corrected chi connectivity index (χ2v) is 2.43. The molecule has 0 fully saturated rings. The van der Waals surface area contributed by atoms with Gasteiger partial charge >= 0.3 is 6.47 Å². The number of carbonyl (C=O) groups excluding carboxylic acids is 2. The van der Waals surface area contributed by atoms with Gasteiger partial charge in [0, 0.05) is 12.4 Å². The molecule has 0 unspecified atom stereocenters. The standard InChI is InChI=1S/C9H9N2O3/c12-7-14-5-4-11-9(13)8-2-1-3-10-6-8/h1-3,6H,4-5H2,(H,11,13). The summed E-state index contributed by atoms with van der Waals surface area (Å²) < 4.78 is 4.28. The third-order valence-corrected chi connectivity index (χ3v) is 1.47. The molecule has 0 aliphatic rings. The van der Waals surface area contributed by atoms with Gasteiger partial charge in [-0.05, 0) is 12.1 Å². The van der Waals surface area contributed by atoms with Gasteiger partial charge in [0.25, 0.3) is 5.91 Å². The monoisotopic (exact) mass is 193 g/mol. The van der Waals surface area contributed by atoms with E-state index >= 15 is 0 Å². The van der Waals surface area contributed by atoms with E-state index in [1.807, 2.05) is 0 Å². The zero-order valence-electron chi connectivity index (χ0n) is 7.40. The quantitative estimate of drug-likeness (QED) is 0.663. The summed E-state index contributed by atoms with van der Waals surface area (Å²) in [4.78, 5) is 24.7. The first-order valence-electron chi connectivity index (χ1n) is 4.02. The van der Waals surface area contributed by atoms with Crippen LogP contribution >= 0.6 is 0 Å². The zero-order valence-corrected chi connectivity index (χ0v) is 7.40. The normalized spacial score (nSPS) is 9.14. The van der Waals surface area contributed by atoms with E-state index in [1.54, 1.807) is 18.3 Å². The fraction of sp³-hybridized carbons (Fsp3) is 0.222. The smallest absolute Gasteiger partial charge is 0.417 e. The number of amides is 1. The maximum absolute atomic E-state index is 11.3. The van der Waals surface area contributed by atoms with Gasteiger partial charge in [0.15, 0.2) is 0 Å². The maximum Gasteiger partial charge on any atom is 0.417 e. The second-order valence-electron chi connectivity index (χ2n) is 2.43. The van der Waals surface area contributed by atoms with E-state index < -0.39 is 0 Å². The van der Waals surface area contributed by atoms with Crippen molar-refractivity contribution in [2.75, 3.05) is 13.2 Å². The van der Waals surface area contributed by atoms with Gasteiger partial charge < -0.3 is 10.1 Å². The lowest BCUT2D eigenvalue weighted by Gasteiger charge is -2.02. The predicted molar refractivity (Wildman–Crippen MR) is 48.2 cm³/mol. The number of nitrogens with zero attached hydrogens (tertiary/aromatic N) is 1. The number of hydrogen-bond acceptors (Lipinski definition) is 4. The van der Waals surface area contributed by atoms with Crippen LogP contribution in [0, 0.1) is 0 Å². The topological polar surface area (TPSA) is 68.3 Å². The van der Waals surface area contributed by atoms with Crippen molar-refractivity contribution in [3.8, 4) is 0 Å². The van der Waals surface area contributed by atoms with Crippen molar-refractivity contribution in [1.29, 1.82) is 0 Å². The van der Waals surface area contributed by atoms with Crippen molar-refractivity contribution in [2.45, 2.75) is 0 Å². The summed E-state index contributed by atoms with van der Waals surface area (Å²) in [6, 6.07) is 3.32. The molecule has 1 radical (unpaired) electrons. The Kier molecular flexibility index (Phi) is 4.13. The molecule has 1 rings (SSSR count). The number of hydrogen-bond donors (Lipinski definition) is 1. The predicted octanol–water partition coefficient (Wildman–Crippen LogP) is -0.105. The molecule has 0 aromatic carbocycles. The minimum atomic E-state index is -0.243. The van der Waals surface area contributed by atoms with Crippen LogP contribution in [0.1, 0.15) is 10.4 Å². The summed E-state index contributed by atoms with van der Waals surface area (Å²) in [5.41, 5.74) is 0.475. The molecule has 1 N–H and O–H groups in total. The molecular weight excluding hydrogens is 184 g/mol. The molecular formula is C9H9N2O3. The van der Waals surface area contributed by atoms with Gasteiger partial charge in [0.05, 0.1) is 12.1 Å². The fourth-order valence-corrected chi connectivity index (χ4v) is 0.856. The van der Waals surface area contributed by atoms with Crippen molar-refractivity contribution in [3.63, 3.8) is 0 Å². The number of ether oxygens (including phenoxy) is 1. The lowest BCUT2D eigenvalue weighted by molar-refractivity contribution is 0.0945. The van der Waals surface area contributed by atoms with Crippen LogP contribution in [0.15, 0.2) is 24.5 Å². The van der Waals surface area contributed by atoms with Gasteiger partial charge in [0.1, 0.15) is 6.61 Å². The van der Waals surface area contributed by atoms with E-state index in [2.05, 4.69) is 15.0 Å². The molecule has 5 nitrogen and oxygen atoms in total. The van der Waals surface area contributed by atoms with Crippen LogP contribution in [0.5, 0.6) is 0 Å². The van der Waals surface area contributed by atoms with E-state index in [1.165, 1.54) is 12.7 Å². The van der Waals surface area contributed by atoms with Crippen molar-refractivity contribution < 1.29 is 14.3 Å². The molecule has 0 aliphatic carbocycles. The Morgan fingerprint density at radius 1 is 1.64 bits per heavy atom. The molecule has 1 aromatic rings. The van der Waals surface area contributed by atoms with E-state index in [0.717, 1.165) is 0 Å². The highest BCUT2D eigenvalue weighted by Gasteiger charge is 2.02. The highest BCUT2D eigenvalue weighted by atomic mass is 16.5. The van der Waals surface area contributed by atoms with E-state index in [-0.39, 0.29) is 19.1 Å². The van der Waals surface area contributed by atoms with Crippen LogP contribution in [0.2, 0.25) is 0 Å². The minimum absolute atomic E-state index is 0.121. The van der Waals surface area contributed by atoms with Crippen molar-refractivity contribution in [1.82, 2.24) is 10.3 Å². The minimum Gasteiger partial charge on any atom is -0.455 e. The number of pyridine rings is 1. The molecule has 5 heteroatoms. The van der Waals surface area contributed by atoms with Gasteiger partial charge in [0.2, 0.25) is 0 Å². The van der Waals surface area contributed by atoms with Crippen molar-refractivity contribution in [3.05, 3.63) is 30.1 Å². The second kappa shape index (κ2) is 5.69. The number of aromatic nitrogens is 1. The SMILES string of the molecule is O=[C]OCCNC(=O)c1cccnc1. The van der Waals surface area contributed by atoms with Crippen LogP contribution < -0.4 is 5.32 Å².